The Hall–Kier alpha value is -1.55. The number of hydrogen-bond acceptors (Lipinski definition) is 3. The number of hydrogen-bond donors (Lipinski definition) is 2. The smallest absolute Gasteiger partial charge is 0.238 e. The lowest BCUT2D eigenvalue weighted by atomic mass is 10.1. The summed E-state index contributed by atoms with van der Waals surface area (Å²) >= 11 is 0. The van der Waals surface area contributed by atoms with E-state index in [2.05, 4.69) is 24.5 Å². The summed E-state index contributed by atoms with van der Waals surface area (Å²) in [4.78, 5) is 11.6. The van der Waals surface area contributed by atoms with Crippen LogP contribution in [0.25, 0.3) is 0 Å². The van der Waals surface area contributed by atoms with E-state index in [-0.39, 0.29) is 5.91 Å². The third-order valence-electron chi connectivity index (χ3n) is 2.77. The molecule has 0 aliphatic rings. The van der Waals surface area contributed by atoms with Gasteiger partial charge in [-0.2, -0.15) is 0 Å². The highest BCUT2D eigenvalue weighted by Gasteiger charge is 2.03. The molecular weight excluding hydrogens is 252 g/mol. The molecule has 4 nitrogen and oxygen atoms in total. The molecule has 0 saturated heterocycles. The fraction of sp³-hybridized carbons (Fsp3) is 0.562. The highest BCUT2D eigenvalue weighted by atomic mass is 16.5. The Morgan fingerprint density at radius 1 is 1.15 bits per heavy atom. The van der Waals surface area contributed by atoms with Gasteiger partial charge in [0.25, 0.3) is 0 Å². The number of rotatable bonds is 8. The van der Waals surface area contributed by atoms with E-state index >= 15 is 0 Å². The number of ether oxygens (including phenoxy) is 1. The average Bonchev–Trinajstić information content (AvgIpc) is 2.38. The quantitative estimate of drug-likeness (QED) is 0.768. The van der Waals surface area contributed by atoms with Gasteiger partial charge in [-0.15, -0.1) is 0 Å². The van der Waals surface area contributed by atoms with Crippen LogP contribution < -0.4 is 15.4 Å². The zero-order valence-corrected chi connectivity index (χ0v) is 12.9. The maximum atomic E-state index is 11.6. The third kappa shape index (κ3) is 7.14. The van der Waals surface area contributed by atoms with E-state index in [9.17, 15) is 4.79 Å². The van der Waals surface area contributed by atoms with Crippen molar-refractivity contribution >= 4 is 11.6 Å². The van der Waals surface area contributed by atoms with Crippen LogP contribution in [0.15, 0.2) is 24.3 Å². The first-order valence-electron chi connectivity index (χ1n) is 7.23. The number of nitrogens with one attached hydrogen (secondary N) is 2. The zero-order valence-electron chi connectivity index (χ0n) is 12.9. The van der Waals surface area contributed by atoms with Crippen LogP contribution in [0.3, 0.4) is 0 Å². The third-order valence-corrected chi connectivity index (χ3v) is 2.77. The van der Waals surface area contributed by atoms with Gasteiger partial charge in [-0.1, -0.05) is 27.7 Å². The van der Waals surface area contributed by atoms with E-state index < -0.39 is 0 Å². The molecule has 0 fully saturated rings. The lowest BCUT2D eigenvalue weighted by Gasteiger charge is -2.10. The van der Waals surface area contributed by atoms with Gasteiger partial charge in [0, 0.05) is 11.7 Å². The van der Waals surface area contributed by atoms with Gasteiger partial charge in [0.05, 0.1) is 13.2 Å². The van der Waals surface area contributed by atoms with Gasteiger partial charge in [-0.3, -0.25) is 4.79 Å². The predicted octanol–water partition coefficient (Wildman–Crippen LogP) is 3.05. The molecule has 112 valence electrons. The zero-order chi connectivity index (χ0) is 15.0. The summed E-state index contributed by atoms with van der Waals surface area (Å²) in [5, 5.41) is 5.92. The van der Waals surface area contributed by atoms with Gasteiger partial charge in [0.1, 0.15) is 5.75 Å². The standard InChI is InChI=1S/C16H26N2O2/c1-12(2)9-10-20-15-7-5-14(6-8-15)18-16(19)11-17-13(3)4/h5-8,12-13,17H,9-11H2,1-4H3,(H,18,19). The second kappa shape index (κ2) is 8.59. The molecule has 1 aromatic carbocycles. The van der Waals surface area contributed by atoms with Crippen molar-refractivity contribution in [1.82, 2.24) is 5.32 Å². The van der Waals surface area contributed by atoms with Crippen LogP contribution in [0.5, 0.6) is 5.75 Å². The van der Waals surface area contributed by atoms with Gasteiger partial charge >= 0.3 is 0 Å². The maximum absolute atomic E-state index is 11.6. The van der Waals surface area contributed by atoms with Crippen LogP contribution in [-0.2, 0) is 4.79 Å². The molecule has 0 radical (unpaired) electrons. The van der Waals surface area contributed by atoms with Crippen LogP contribution in [0.4, 0.5) is 5.69 Å². The Balaban J connectivity index is 2.36. The van der Waals surface area contributed by atoms with Crippen LogP contribution in [0, 0.1) is 5.92 Å². The maximum Gasteiger partial charge on any atom is 0.238 e. The molecule has 0 aliphatic heterocycles. The van der Waals surface area contributed by atoms with Crippen molar-refractivity contribution < 1.29 is 9.53 Å². The van der Waals surface area contributed by atoms with Crippen molar-refractivity contribution in [2.24, 2.45) is 5.92 Å². The van der Waals surface area contributed by atoms with E-state index in [0.717, 1.165) is 24.5 Å². The Labute approximate surface area is 121 Å². The highest BCUT2D eigenvalue weighted by Crippen LogP contribution is 2.16. The molecule has 1 aromatic rings. The SMILES string of the molecule is CC(C)CCOc1ccc(NC(=O)CNC(C)C)cc1. The number of carbonyl (C=O) groups excluding carboxylic acids is 1. The predicted molar refractivity (Wildman–Crippen MR) is 83.2 cm³/mol. The second-order valence-corrected chi connectivity index (χ2v) is 5.64. The average molecular weight is 278 g/mol. The molecule has 0 aliphatic carbocycles. The summed E-state index contributed by atoms with van der Waals surface area (Å²) in [6.45, 7) is 9.42. The van der Waals surface area contributed by atoms with Crippen LogP contribution in [0.1, 0.15) is 34.1 Å². The molecule has 0 aromatic heterocycles. The van der Waals surface area contributed by atoms with E-state index in [1.54, 1.807) is 0 Å². The van der Waals surface area contributed by atoms with E-state index in [1.165, 1.54) is 0 Å². The van der Waals surface area contributed by atoms with Gasteiger partial charge in [0.2, 0.25) is 5.91 Å². The minimum absolute atomic E-state index is 0.0350. The van der Waals surface area contributed by atoms with Crippen molar-refractivity contribution in [2.45, 2.75) is 40.2 Å². The first-order valence-corrected chi connectivity index (χ1v) is 7.23. The summed E-state index contributed by atoms with van der Waals surface area (Å²) in [5.41, 5.74) is 0.789. The Kier molecular flexibility index (Phi) is 7.09. The minimum atomic E-state index is -0.0350. The molecule has 0 spiro atoms. The monoisotopic (exact) mass is 278 g/mol. The lowest BCUT2D eigenvalue weighted by molar-refractivity contribution is -0.115. The number of amides is 1. The lowest BCUT2D eigenvalue weighted by Crippen LogP contribution is -2.32. The van der Waals surface area contributed by atoms with Gasteiger partial charge < -0.3 is 15.4 Å². The molecule has 0 heterocycles. The molecule has 1 rings (SSSR count). The molecule has 0 unspecified atom stereocenters. The van der Waals surface area contributed by atoms with Gasteiger partial charge in [-0.05, 0) is 36.6 Å². The fourth-order valence-corrected chi connectivity index (χ4v) is 1.55. The van der Waals surface area contributed by atoms with Gasteiger partial charge in [-0.25, -0.2) is 0 Å². The number of benzene rings is 1. The van der Waals surface area contributed by atoms with E-state index in [4.69, 9.17) is 4.74 Å². The fourth-order valence-electron chi connectivity index (χ4n) is 1.55. The van der Waals surface area contributed by atoms with Crippen LogP contribution >= 0.6 is 0 Å². The van der Waals surface area contributed by atoms with Crippen molar-refractivity contribution in [3.05, 3.63) is 24.3 Å². The molecular formula is C16H26N2O2. The van der Waals surface area contributed by atoms with E-state index in [0.29, 0.717) is 18.5 Å². The van der Waals surface area contributed by atoms with E-state index in [1.807, 2.05) is 38.1 Å². The molecule has 0 bridgehead atoms. The summed E-state index contributed by atoms with van der Waals surface area (Å²) in [7, 11) is 0. The summed E-state index contributed by atoms with van der Waals surface area (Å²) < 4.78 is 5.63. The van der Waals surface area contributed by atoms with Crippen LogP contribution in [-0.4, -0.2) is 25.1 Å². The second-order valence-electron chi connectivity index (χ2n) is 5.64. The molecule has 0 saturated carbocycles. The van der Waals surface area contributed by atoms with Crippen molar-refractivity contribution in [3.63, 3.8) is 0 Å². The summed E-state index contributed by atoms with van der Waals surface area (Å²) in [6, 6.07) is 7.78. The number of carbonyl (C=O) groups is 1. The largest absolute Gasteiger partial charge is 0.494 e. The first-order chi connectivity index (χ1) is 9.47. The van der Waals surface area contributed by atoms with Crippen LogP contribution in [0.2, 0.25) is 0 Å². The Morgan fingerprint density at radius 3 is 2.35 bits per heavy atom. The molecule has 20 heavy (non-hydrogen) atoms. The summed E-state index contributed by atoms with van der Waals surface area (Å²) in [6.07, 6.45) is 1.04. The Bertz CT molecular complexity index is 399. The highest BCUT2D eigenvalue weighted by molar-refractivity contribution is 5.92. The Morgan fingerprint density at radius 2 is 1.80 bits per heavy atom. The molecule has 1 amide bonds. The number of anilines is 1. The van der Waals surface area contributed by atoms with Gasteiger partial charge in [0.15, 0.2) is 0 Å². The molecule has 4 heteroatoms. The van der Waals surface area contributed by atoms with Crippen molar-refractivity contribution in [3.8, 4) is 5.75 Å². The van der Waals surface area contributed by atoms with Crippen molar-refractivity contribution in [1.29, 1.82) is 0 Å². The minimum Gasteiger partial charge on any atom is -0.494 e. The molecule has 2 N–H and O–H groups in total. The first kappa shape index (κ1) is 16.5. The normalized spacial score (nSPS) is 10.9. The molecule has 0 atom stereocenters. The summed E-state index contributed by atoms with van der Waals surface area (Å²) in [5.74, 6) is 1.44. The van der Waals surface area contributed by atoms with Crippen molar-refractivity contribution in [2.75, 3.05) is 18.5 Å². The topological polar surface area (TPSA) is 50.4 Å².